The van der Waals surface area contributed by atoms with Crippen molar-refractivity contribution in [2.24, 2.45) is 0 Å². The van der Waals surface area contributed by atoms with Crippen molar-refractivity contribution in [2.75, 3.05) is 19.7 Å². The SMILES string of the molecule is CCN(CCC(CO)c1ccc2ccccc2c1)Cc1ccccc1. The smallest absolute Gasteiger partial charge is 0.0500 e. The molecule has 0 aliphatic rings. The average Bonchev–Trinajstić information content (AvgIpc) is 2.68. The minimum Gasteiger partial charge on any atom is -0.396 e. The van der Waals surface area contributed by atoms with Crippen LogP contribution in [0.4, 0.5) is 0 Å². The first-order valence-corrected chi connectivity index (χ1v) is 9.16. The second-order valence-electron chi connectivity index (χ2n) is 6.63. The number of hydrogen-bond acceptors (Lipinski definition) is 2. The molecule has 2 nitrogen and oxygen atoms in total. The van der Waals surface area contributed by atoms with Crippen molar-refractivity contribution in [3.8, 4) is 0 Å². The number of hydrogen-bond donors (Lipinski definition) is 1. The molecule has 0 aliphatic heterocycles. The van der Waals surface area contributed by atoms with Crippen LogP contribution in [0.1, 0.15) is 30.4 Å². The molecule has 0 aromatic heterocycles. The molecule has 130 valence electrons. The van der Waals surface area contributed by atoms with Gasteiger partial charge in [0.15, 0.2) is 0 Å². The topological polar surface area (TPSA) is 23.5 Å². The van der Waals surface area contributed by atoms with Gasteiger partial charge in [-0.05, 0) is 41.4 Å². The molecule has 2 heteroatoms. The molecule has 0 bridgehead atoms. The molecule has 0 saturated carbocycles. The summed E-state index contributed by atoms with van der Waals surface area (Å²) in [4.78, 5) is 2.44. The third-order valence-electron chi connectivity index (χ3n) is 4.96. The fourth-order valence-electron chi connectivity index (χ4n) is 3.35. The van der Waals surface area contributed by atoms with Crippen LogP contribution in [0.2, 0.25) is 0 Å². The van der Waals surface area contributed by atoms with E-state index >= 15 is 0 Å². The van der Waals surface area contributed by atoms with Crippen LogP contribution in [0, 0.1) is 0 Å². The minimum atomic E-state index is 0.189. The summed E-state index contributed by atoms with van der Waals surface area (Å²) in [6, 6.07) is 25.5. The zero-order chi connectivity index (χ0) is 17.5. The lowest BCUT2D eigenvalue weighted by molar-refractivity contribution is 0.224. The summed E-state index contributed by atoms with van der Waals surface area (Å²) in [6.45, 7) is 5.37. The van der Waals surface area contributed by atoms with Crippen LogP contribution in [0.5, 0.6) is 0 Å². The van der Waals surface area contributed by atoms with Gasteiger partial charge in [0.05, 0.1) is 0 Å². The van der Waals surface area contributed by atoms with Crippen LogP contribution < -0.4 is 0 Å². The van der Waals surface area contributed by atoms with Crippen LogP contribution in [0.15, 0.2) is 72.8 Å². The number of aliphatic hydroxyl groups is 1. The Labute approximate surface area is 150 Å². The van der Waals surface area contributed by atoms with E-state index in [0.717, 1.165) is 26.1 Å². The predicted molar refractivity (Wildman–Crippen MR) is 106 cm³/mol. The van der Waals surface area contributed by atoms with Gasteiger partial charge in [0.2, 0.25) is 0 Å². The maximum atomic E-state index is 9.91. The summed E-state index contributed by atoms with van der Waals surface area (Å²) in [7, 11) is 0. The van der Waals surface area contributed by atoms with Crippen LogP contribution >= 0.6 is 0 Å². The Morgan fingerprint density at radius 1 is 0.880 bits per heavy atom. The molecule has 25 heavy (non-hydrogen) atoms. The van der Waals surface area contributed by atoms with Crippen LogP contribution in [0.3, 0.4) is 0 Å². The summed E-state index contributed by atoms with van der Waals surface area (Å²) in [5.74, 6) is 0.189. The van der Waals surface area contributed by atoms with Crippen LogP contribution in [-0.4, -0.2) is 29.7 Å². The Hall–Kier alpha value is -2.16. The first kappa shape index (κ1) is 17.7. The highest BCUT2D eigenvalue weighted by molar-refractivity contribution is 5.83. The van der Waals surface area contributed by atoms with Gasteiger partial charge in [-0.3, -0.25) is 4.90 Å². The molecule has 3 rings (SSSR count). The molecule has 0 amide bonds. The van der Waals surface area contributed by atoms with Gasteiger partial charge in [0, 0.05) is 19.1 Å². The van der Waals surface area contributed by atoms with Gasteiger partial charge in [-0.2, -0.15) is 0 Å². The lowest BCUT2D eigenvalue weighted by atomic mass is 9.94. The lowest BCUT2D eigenvalue weighted by Crippen LogP contribution is -2.26. The molecule has 0 heterocycles. The van der Waals surface area contributed by atoms with Crippen molar-refractivity contribution in [1.82, 2.24) is 4.90 Å². The first-order valence-electron chi connectivity index (χ1n) is 9.16. The second-order valence-corrected chi connectivity index (χ2v) is 6.63. The van der Waals surface area contributed by atoms with E-state index in [2.05, 4.69) is 84.6 Å². The van der Waals surface area contributed by atoms with Crippen molar-refractivity contribution in [3.63, 3.8) is 0 Å². The van der Waals surface area contributed by atoms with Crippen LogP contribution in [-0.2, 0) is 6.54 Å². The second kappa shape index (κ2) is 8.80. The normalized spacial score (nSPS) is 12.6. The van der Waals surface area contributed by atoms with E-state index in [0.29, 0.717) is 0 Å². The molecular weight excluding hydrogens is 306 g/mol. The Bertz CT molecular complexity index is 784. The Kier molecular flexibility index (Phi) is 6.21. The summed E-state index contributed by atoms with van der Waals surface area (Å²) < 4.78 is 0. The first-order chi connectivity index (χ1) is 12.3. The summed E-state index contributed by atoms with van der Waals surface area (Å²) in [5, 5.41) is 12.4. The third kappa shape index (κ3) is 4.68. The van der Waals surface area contributed by atoms with Gasteiger partial charge in [0.1, 0.15) is 0 Å². The maximum absolute atomic E-state index is 9.91. The molecule has 0 spiro atoms. The van der Waals surface area contributed by atoms with E-state index in [1.54, 1.807) is 0 Å². The Balaban J connectivity index is 1.66. The minimum absolute atomic E-state index is 0.189. The average molecular weight is 333 g/mol. The predicted octanol–water partition coefficient (Wildman–Crippen LogP) is 4.83. The number of rotatable bonds is 8. The van der Waals surface area contributed by atoms with Gasteiger partial charge >= 0.3 is 0 Å². The van der Waals surface area contributed by atoms with Crippen LogP contribution in [0.25, 0.3) is 10.8 Å². The summed E-state index contributed by atoms with van der Waals surface area (Å²) in [5.41, 5.74) is 2.58. The van der Waals surface area contributed by atoms with E-state index in [4.69, 9.17) is 0 Å². The maximum Gasteiger partial charge on any atom is 0.0500 e. The van der Waals surface area contributed by atoms with E-state index < -0.39 is 0 Å². The highest BCUT2D eigenvalue weighted by atomic mass is 16.3. The van der Waals surface area contributed by atoms with E-state index in [1.165, 1.54) is 21.9 Å². The largest absolute Gasteiger partial charge is 0.396 e. The Morgan fingerprint density at radius 3 is 2.32 bits per heavy atom. The Morgan fingerprint density at radius 2 is 1.60 bits per heavy atom. The van der Waals surface area contributed by atoms with Gasteiger partial charge in [0.25, 0.3) is 0 Å². The zero-order valence-electron chi connectivity index (χ0n) is 14.9. The summed E-state index contributed by atoms with van der Waals surface area (Å²) >= 11 is 0. The molecule has 1 N–H and O–H groups in total. The molecule has 3 aromatic rings. The van der Waals surface area contributed by atoms with E-state index in [1.807, 2.05) is 0 Å². The monoisotopic (exact) mass is 333 g/mol. The van der Waals surface area contributed by atoms with E-state index in [9.17, 15) is 5.11 Å². The van der Waals surface area contributed by atoms with Crippen molar-refractivity contribution in [3.05, 3.63) is 83.9 Å². The molecule has 0 fully saturated rings. The van der Waals surface area contributed by atoms with Gasteiger partial charge in [-0.25, -0.2) is 0 Å². The zero-order valence-corrected chi connectivity index (χ0v) is 14.9. The van der Waals surface area contributed by atoms with Crippen molar-refractivity contribution in [1.29, 1.82) is 0 Å². The standard InChI is InChI=1S/C23H27NO/c1-2-24(17-19-8-4-3-5-9-19)15-14-23(18-25)22-13-12-20-10-6-7-11-21(20)16-22/h3-13,16,23,25H,2,14-15,17-18H2,1H3. The fourth-order valence-corrected chi connectivity index (χ4v) is 3.35. The highest BCUT2D eigenvalue weighted by Gasteiger charge is 2.13. The molecule has 1 atom stereocenters. The molecule has 0 saturated heterocycles. The van der Waals surface area contributed by atoms with Gasteiger partial charge in [-0.1, -0.05) is 79.7 Å². The molecule has 0 radical (unpaired) electrons. The third-order valence-corrected chi connectivity index (χ3v) is 4.96. The number of fused-ring (bicyclic) bond motifs is 1. The summed E-state index contributed by atoms with van der Waals surface area (Å²) in [6.07, 6.45) is 0.968. The number of aliphatic hydroxyl groups excluding tert-OH is 1. The fraction of sp³-hybridized carbons (Fsp3) is 0.304. The quantitative estimate of drug-likeness (QED) is 0.638. The van der Waals surface area contributed by atoms with Crippen molar-refractivity contribution >= 4 is 10.8 Å². The highest BCUT2D eigenvalue weighted by Crippen LogP contribution is 2.24. The molecule has 0 aliphatic carbocycles. The van der Waals surface area contributed by atoms with Crippen molar-refractivity contribution < 1.29 is 5.11 Å². The molecule has 3 aromatic carbocycles. The number of benzene rings is 3. The number of nitrogens with zero attached hydrogens (tertiary/aromatic N) is 1. The van der Waals surface area contributed by atoms with Gasteiger partial charge < -0.3 is 5.11 Å². The van der Waals surface area contributed by atoms with Crippen molar-refractivity contribution in [2.45, 2.75) is 25.8 Å². The molecule has 1 unspecified atom stereocenters. The molecular formula is C23H27NO. The lowest BCUT2D eigenvalue weighted by Gasteiger charge is -2.23. The van der Waals surface area contributed by atoms with E-state index in [-0.39, 0.29) is 12.5 Å². The van der Waals surface area contributed by atoms with Gasteiger partial charge in [-0.15, -0.1) is 0 Å².